The molecule has 1 aromatic carbocycles. The number of thiocarbonyl (C=S) groups is 1. The van der Waals surface area contributed by atoms with E-state index in [1.54, 1.807) is 0 Å². The van der Waals surface area contributed by atoms with Crippen LogP contribution in [0.3, 0.4) is 0 Å². The number of aryl methyl sites for hydroxylation is 1. The van der Waals surface area contributed by atoms with Crippen LogP contribution in [0.4, 0.5) is 5.69 Å². The van der Waals surface area contributed by atoms with Crippen molar-refractivity contribution in [2.45, 2.75) is 33.2 Å². The van der Waals surface area contributed by atoms with Crippen molar-refractivity contribution >= 4 is 22.9 Å². The third-order valence-corrected chi connectivity index (χ3v) is 4.47. The van der Waals surface area contributed by atoms with Crippen molar-refractivity contribution in [3.63, 3.8) is 0 Å². The number of nitrogens with zero attached hydrogens (tertiary/aromatic N) is 2. The van der Waals surface area contributed by atoms with Crippen LogP contribution in [0.5, 0.6) is 0 Å². The maximum Gasteiger partial charge on any atom is 0.106 e. The van der Waals surface area contributed by atoms with Crippen LogP contribution < -0.4 is 10.6 Å². The summed E-state index contributed by atoms with van der Waals surface area (Å²) in [6.45, 7) is 10.9. The predicted octanol–water partition coefficient (Wildman–Crippen LogP) is 2.55. The molecule has 0 spiro atoms. The van der Waals surface area contributed by atoms with Gasteiger partial charge in [0.2, 0.25) is 0 Å². The lowest BCUT2D eigenvalue weighted by atomic mass is 10.1. The van der Waals surface area contributed by atoms with Crippen molar-refractivity contribution in [3.05, 3.63) is 29.3 Å². The predicted molar refractivity (Wildman–Crippen MR) is 90.6 cm³/mol. The lowest BCUT2D eigenvalue weighted by Crippen LogP contribution is -2.37. The van der Waals surface area contributed by atoms with Gasteiger partial charge in [0.25, 0.3) is 0 Å². The summed E-state index contributed by atoms with van der Waals surface area (Å²) in [4.78, 5) is 5.46. The van der Waals surface area contributed by atoms with Gasteiger partial charge in [-0.1, -0.05) is 37.7 Å². The zero-order valence-electron chi connectivity index (χ0n) is 12.7. The van der Waals surface area contributed by atoms with Crippen molar-refractivity contribution < 1.29 is 0 Å². The first-order valence-electron chi connectivity index (χ1n) is 7.46. The van der Waals surface area contributed by atoms with Gasteiger partial charge in [-0.25, -0.2) is 0 Å². The fraction of sp³-hybridized carbons (Fsp3) is 0.562. The molecule has 0 radical (unpaired) electrons. The first-order chi connectivity index (χ1) is 9.56. The van der Waals surface area contributed by atoms with E-state index >= 15 is 0 Å². The fourth-order valence-electron chi connectivity index (χ4n) is 3.12. The van der Waals surface area contributed by atoms with Gasteiger partial charge in [-0.2, -0.15) is 0 Å². The molecule has 2 N–H and O–H groups in total. The van der Waals surface area contributed by atoms with Gasteiger partial charge < -0.3 is 10.6 Å². The quantitative estimate of drug-likeness (QED) is 0.845. The minimum absolute atomic E-state index is 0.495. The molecule has 0 saturated carbocycles. The standard InChI is InChI=1S/C16H25N3S/c1-4-18(5-2)13-8-9-19(11-13)15-7-6-12(3)10-14(15)16(17)20/h6-7,10,13H,4-5,8-9,11H2,1-3H3,(H2,17,20). The summed E-state index contributed by atoms with van der Waals surface area (Å²) in [7, 11) is 0. The highest BCUT2D eigenvalue weighted by Crippen LogP contribution is 2.27. The number of rotatable bonds is 5. The molecule has 3 nitrogen and oxygen atoms in total. The smallest absolute Gasteiger partial charge is 0.106 e. The van der Waals surface area contributed by atoms with Crippen molar-refractivity contribution in [2.75, 3.05) is 31.1 Å². The number of hydrogen-bond acceptors (Lipinski definition) is 3. The number of nitrogens with two attached hydrogens (primary N) is 1. The molecule has 0 aromatic heterocycles. The van der Waals surface area contributed by atoms with Crippen LogP contribution in [0.25, 0.3) is 0 Å². The third-order valence-electron chi connectivity index (χ3n) is 4.25. The Hall–Kier alpha value is -1.13. The van der Waals surface area contributed by atoms with Gasteiger partial charge in [0.1, 0.15) is 4.99 Å². The molecular weight excluding hydrogens is 266 g/mol. The lowest BCUT2D eigenvalue weighted by molar-refractivity contribution is 0.232. The van der Waals surface area contributed by atoms with Crippen molar-refractivity contribution in [1.82, 2.24) is 4.90 Å². The van der Waals surface area contributed by atoms with Crippen LogP contribution in [0.1, 0.15) is 31.4 Å². The zero-order valence-corrected chi connectivity index (χ0v) is 13.5. The summed E-state index contributed by atoms with van der Waals surface area (Å²) < 4.78 is 0. The van der Waals surface area contributed by atoms with Gasteiger partial charge in [0.05, 0.1) is 0 Å². The largest absolute Gasteiger partial charge is 0.389 e. The maximum absolute atomic E-state index is 5.89. The molecule has 2 rings (SSSR count). The second kappa shape index (κ2) is 6.55. The Morgan fingerprint density at radius 1 is 1.40 bits per heavy atom. The topological polar surface area (TPSA) is 32.5 Å². The van der Waals surface area contributed by atoms with Crippen molar-refractivity contribution in [1.29, 1.82) is 0 Å². The summed E-state index contributed by atoms with van der Waals surface area (Å²) in [5.41, 5.74) is 9.30. The van der Waals surface area contributed by atoms with Gasteiger partial charge in [-0.05, 0) is 38.6 Å². The second-order valence-electron chi connectivity index (χ2n) is 5.49. The fourth-order valence-corrected chi connectivity index (χ4v) is 3.29. The molecule has 0 aliphatic carbocycles. The molecule has 1 aliphatic rings. The monoisotopic (exact) mass is 291 g/mol. The third kappa shape index (κ3) is 3.13. The van der Waals surface area contributed by atoms with Crippen LogP contribution in [-0.4, -0.2) is 42.1 Å². The molecule has 1 aromatic rings. The Balaban J connectivity index is 2.20. The molecule has 1 saturated heterocycles. The molecule has 4 heteroatoms. The summed E-state index contributed by atoms with van der Waals surface area (Å²) in [5.74, 6) is 0. The van der Waals surface area contributed by atoms with Crippen molar-refractivity contribution in [2.24, 2.45) is 5.73 Å². The van der Waals surface area contributed by atoms with Crippen LogP contribution in [0.2, 0.25) is 0 Å². The second-order valence-corrected chi connectivity index (χ2v) is 5.93. The molecule has 0 amide bonds. The molecule has 110 valence electrons. The van der Waals surface area contributed by atoms with E-state index < -0.39 is 0 Å². The van der Waals surface area contributed by atoms with Gasteiger partial charge in [0.15, 0.2) is 0 Å². The summed E-state index contributed by atoms with van der Waals surface area (Å²) in [6, 6.07) is 7.05. The number of benzene rings is 1. The van der Waals surface area contributed by atoms with Crippen LogP contribution >= 0.6 is 12.2 Å². The average Bonchev–Trinajstić information content (AvgIpc) is 2.89. The van der Waals surface area contributed by atoms with E-state index in [2.05, 4.69) is 48.8 Å². The van der Waals surface area contributed by atoms with E-state index in [1.807, 2.05) is 0 Å². The van der Waals surface area contributed by atoms with E-state index in [9.17, 15) is 0 Å². The van der Waals surface area contributed by atoms with Gasteiger partial charge >= 0.3 is 0 Å². The Morgan fingerprint density at radius 3 is 2.70 bits per heavy atom. The van der Waals surface area contributed by atoms with Gasteiger partial charge in [0, 0.05) is 30.4 Å². The minimum atomic E-state index is 0.495. The van der Waals surface area contributed by atoms with Gasteiger partial charge in [-0.3, -0.25) is 4.90 Å². The highest BCUT2D eigenvalue weighted by atomic mass is 32.1. The number of hydrogen-bond donors (Lipinski definition) is 1. The normalized spacial score (nSPS) is 18.8. The first kappa shape index (κ1) is 15.3. The zero-order chi connectivity index (χ0) is 14.7. The Morgan fingerprint density at radius 2 is 2.10 bits per heavy atom. The van der Waals surface area contributed by atoms with E-state index in [0.717, 1.165) is 31.7 Å². The summed E-state index contributed by atoms with van der Waals surface area (Å²) in [6.07, 6.45) is 1.21. The minimum Gasteiger partial charge on any atom is -0.389 e. The summed E-state index contributed by atoms with van der Waals surface area (Å²) in [5, 5.41) is 0. The first-order valence-corrected chi connectivity index (χ1v) is 7.87. The number of anilines is 1. The Bertz CT molecular complexity index is 483. The Kier molecular flexibility index (Phi) is 5.00. The summed E-state index contributed by atoms with van der Waals surface area (Å²) >= 11 is 5.21. The highest BCUT2D eigenvalue weighted by molar-refractivity contribution is 7.80. The molecule has 1 heterocycles. The molecule has 20 heavy (non-hydrogen) atoms. The molecule has 1 fully saturated rings. The van der Waals surface area contributed by atoms with Crippen LogP contribution in [0, 0.1) is 6.92 Å². The highest BCUT2D eigenvalue weighted by Gasteiger charge is 2.27. The molecular formula is C16H25N3S. The van der Waals surface area contributed by atoms with E-state index in [0.29, 0.717) is 11.0 Å². The van der Waals surface area contributed by atoms with Gasteiger partial charge in [-0.15, -0.1) is 0 Å². The molecule has 0 bridgehead atoms. The Labute approximate surface area is 127 Å². The number of likely N-dealkylation sites (N-methyl/N-ethyl adjacent to an activating group) is 1. The van der Waals surface area contributed by atoms with Crippen LogP contribution in [0.15, 0.2) is 18.2 Å². The molecule has 1 aliphatic heterocycles. The SMILES string of the molecule is CCN(CC)C1CCN(c2ccc(C)cc2C(N)=S)C1. The average molecular weight is 291 g/mol. The van der Waals surface area contributed by atoms with Crippen molar-refractivity contribution in [3.8, 4) is 0 Å². The van der Waals surface area contributed by atoms with E-state index in [-0.39, 0.29) is 0 Å². The lowest BCUT2D eigenvalue weighted by Gasteiger charge is -2.27. The van der Waals surface area contributed by atoms with Crippen LogP contribution in [-0.2, 0) is 0 Å². The van der Waals surface area contributed by atoms with E-state index in [1.165, 1.54) is 17.7 Å². The molecule has 1 unspecified atom stereocenters. The molecule has 1 atom stereocenters. The maximum atomic E-state index is 5.89. The van der Waals surface area contributed by atoms with E-state index in [4.69, 9.17) is 18.0 Å².